The number of fused-ring (bicyclic) bond motifs is 2. The van der Waals surface area contributed by atoms with E-state index in [9.17, 15) is 4.79 Å². The van der Waals surface area contributed by atoms with E-state index in [0.29, 0.717) is 6.54 Å². The molecular formula is C29H24N2O2. The molecule has 1 atom stereocenters. The number of carbonyl (C=O) groups excluding carboxylic acids is 1. The average molecular weight is 433 g/mol. The summed E-state index contributed by atoms with van der Waals surface area (Å²) in [6.07, 6.45) is 1.66. The minimum absolute atomic E-state index is 0.0368. The summed E-state index contributed by atoms with van der Waals surface area (Å²) in [5.74, 6) is 0.813. The largest absolute Gasteiger partial charge is 0.467 e. The van der Waals surface area contributed by atoms with Crippen LogP contribution in [0.15, 0.2) is 95.6 Å². The molecule has 4 nitrogen and oxygen atoms in total. The van der Waals surface area contributed by atoms with E-state index in [2.05, 4.69) is 73.1 Å². The van der Waals surface area contributed by atoms with Crippen molar-refractivity contribution in [2.75, 3.05) is 0 Å². The summed E-state index contributed by atoms with van der Waals surface area (Å²) in [6.45, 7) is 2.52. The Balaban J connectivity index is 1.65. The maximum absolute atomic E-state index is 13.6. The van der Waals surface area contributed by atoms with Crippen molar-refractivity contribution in [2.45, 2.75) is 19.5 Å². The minimum atomic E-state index is -0.207. The van der Waals surface area contributed by atoms with E-state index < -0.39 is 0 Å². The van der Waals surface area contributed by atoms with Gasteiger partial charge in [-0.2, -0.15) is 0 Å². The van der Waals surface area contributed by atoms with Crippen molar-refractivity contribution in [1.82, 2.24) is 9.47 Å². The molecule has 162 valence electrons. The zero-order valence-corrected chi connectivity index (χ0v) is 18.7. The number of nitrogens with zero attached hydrogens (tertiary/aromatic N) is 2. The molecule has 0 spiro atoms. The number of rotatable bonds is 4. The van der Waals surface area contributed by atoms with Crippen molar-refractivity contribution in [1.29, 1.82) is 0 Å². The molecule has 6 rings (SSSR count). The standard InChI is InChI=1S/C29H24N2O2/c1-19-13-15-20(16-14-19)27-26(24-11-5-6-12-25(24)30(27)2)28-22-9-3-4-10-23(22)29(32)31(28)18-21-8-7-17-33-21/h3-17,28H,18H2,1-2H3/t28-/m0/s1. The second kappa shape index (κ2) is 7.52. The zero-order chi connectivity index (χ0) is 22.5. The summed E-state index contributed by atoms with van der Waals surface area (Å²) in [5.41, 5.74) is 7.61. The van der Waals surface area contributed by atoms with Gasteiger partial charge >= 0.3 is 0 Å². The molecule has 0 aliphatic carbocycles. The van der Waals surface area contributed by atoms with Gasteiger partial charge in [-0.3, -0.25) is 4.79 Å². The first-order chi connectivity index (χ1) is 16.1. The Kier molecular flexibility index (Phi) is 4.47. The summed E-state index contributed by atoms with van der Waals surface area (Å²) in [5, 5.41) is 1.16. The highest BCUT2D eigenvalue weighted by Crippen LogP contribution is 2.47. The highest BCUT2D eigenvalue weighted by molar-refractivity contribution is 6.02. The van der Waals surface area contributed by atoms with Crippen molar-refractivity contribution < 1.29 is 9.21 Å². The number of amides is 1. The van der Waals surface area contributed by atoms with E-state index in [1.54, 1.807) is 6.26 Å². The van der Waals surface area contributed by atoms with Gasteiger partial charge in [-0.15, -0.1) is 0 Å². The Bertz CT molecular complexity index is 1480. The van der Waals surface area contributed by atoms with Crippen molar-refractivity contribution in [3.05, 3.63) is 119 Å². The summed E-state index contributed by atoms with van der Waals surface area (Å²) in [4.78, 5) is 15.6. The van der Waals surface area contributed by atoms with Crippen LogP contribution >= 0.6 is 0 Å². The van der Waals surface area contributed by atoms with Crippen LogP contribution in [0.3, 0.4) is 0 Å². The SMILES string of the molecule is Cc1ccc(-c2c([C@@H]3c4ccccc4C(=O)N3Cc3ccco3)c3ccccc3n2C)cc1. The van der Waals surface area contributed by atoms with Crippen LogP contribution < -0.4 is 0 Å². The Hall–Kier alpha value is -4.05. The Morgan fingerprint density at radius 2 is 1.64 bits per heavy atom. The van der Waals surface area contributed by atoms with Crippen LogP contribution in [0, 0.1) is 6.92 Å². The lowest BCUT2D eigenvalue weighted by molar-refractivity contribution is 0.0724. The van der Waals surface area contributed by atoms with Gasteiger partial charge in [-0.25, -0.2) is 0 Å². The van der Waals surface area contributed by atoms with E-state index in [1.165, 1.54) is 5.56 Å². The quantitative estimate of drug-likeness (QED) is 0.325. The maximum atomic E-state index is 13.6. The van der Waals surface area contributed by atoms with Crippen molar-refractivity contribution in [2.24, 2.45) is 7.05 Å². The smallest absolute Gasteiger partial charge is 0.255 e. The van der Waals surface area contributed by atoms with Crippen LogP contribution in [0.25, 0.3) is 22.2 Å². The third-order valence-electron chi connectivity index (χ3n) is 6.71. The predicted octanol–water partition coefficient (Wildman–Crippen LogP) is 6.49. The van der Waals surface area contributed by atoms with Gasteiger partial charge in [0.1, 0.15) is 5.76 Å². The third kappa shape index (κ3) is 3.02. The second-order valence-corrected chi connectivity index (χ2v) is 8.71. The molecule has 5 aromatic rings. The number of hydrogen-bond acceptors (Lipinski definition) is 2. The Labute approximate surface area is 192 Å². The van der Waals surface area contributed by atoms with Crippen LogP contribution in [-0.4, -0.2) is 15.4 Å². The molecule has 1 aliphatic heterocycles. The summed E-state index contributed by atoms with van der Waals surface area (Å²) in [7, 11) is 2.11. The summed E-state index contributed by atoms with van der Waals surface area (Å²) >= 11 is 0. The molecule has 0 fully saturated rings. The van der Waals surface area contributed by atoms with Gasteiger partial charge < -0.3 is 13.9 Å². The molecule has 3 heterocycles. The molecule has 1 aliphatic rings. The topological polar surface area (TPSA) is 38.4 Å². The van der Waals surface area contributed by atoms with E-state index in [4.69, 9.17) is 4.42 Å². The normalized spacial score (nSPS) is 15.4. The first-order valence-electron chi connectivity index (χ1n) is 11.2. The molecule has 0 radical (unpaired) electrons. The lowest BCUT2D eigenvalue weighted by Gasteiger charge is -2.26. The van der Waals surface area contributed by atoms with Crippen LogP contribution in [-0.2, 0) is 13.6 Å². The summed E-state index contributed by atoms with van der Waals surface area (Å²) in [6, 6.07) is 28.7. The molecule has 3 aromatic carbocycles. The Morgan fingerprint density at radius 1 is 0.879 bits per heavy atom. The van der Waals surface area contributed by atoms with Gasteiger partial charge in [0.2, 0.25) is 0 Å². The van der Waals surface area contributed by atoms with Crippen LogP contribution in [0.2, 0.25) is 0 Å². The van der Waals surface area contributed by atoms with Gasteiger partial charge in [-0.1, -0.05) is 66.2 Å². The monoisotopic (exact) mass is 432 g/mol. The van der Waals surface area contributed by atoms with E-state index in [1.807, 2.05) is 35.2 Å². The van der Waals surface area contributed by atoms with Crippen LogP contribution in [0.4, 0.5) is 0 Å². The lowest BCUT2D eigenvalue weighted by atomic mass is 9.93. The number of aromatic nitrogens is 1. The molecule has 0 saturated carbocycles. The molecule has 0 saturated heterocycles. The van der Waals surface area contributed by atoms with Crippen molar-refractivity contribution in [3.63, 3.8) is 0 Å². The highest BCUT2D eigenvalue weighted by atomic mass is 16.3. The molecule has 0 unspecified atom stereocenters. The maximum Gasteiger partial charge on any atom is 0.255 e. The number of carbonyl (C=O) groups is 1. The van der Waals surface area contributed by atoms with Gasteiger partial charge in [0.05, 0.1) is 24.5 Å². The first kappa shape index (κ1) is 19.6. The molecule has 2 aromatic heterocycles. The van der Waals surface area contributed by atoms with Crippen LogP contribution in [0.1, 0.15) is 38.9 Å². The number of para-hydroxylation sites is 1. The van der Waals surface area contributed by atoms with Gasteiger partial charge in [0.15, 0.2) is 0 Å². The van der Waals surface area contributed by atoms with E-state index in [-0.39, 0.29) is 11.9 Å². The highest BCUT2D eigenvalue weighted by Gasteiger charge is 2.40. The number of furan rings is 1. The van der Waals surface area contributed by atoms with E-state index in [0.717, 1.165) is 44.6 Å². The van der Waals surface area contributed by atoms with Crippen molar-refractivity contribution >= 4 is 16.8 Å². The molecular weight excluding hydrogens is 408 g/mol. The Morgan fingerprint density at radius 3 is 2.42 bits per heavy atom. The van der Waals surface area contributed by atoms with Gasteiger partial charge in [-0.05, 0) is 42.3 Å². The fourth-order valence-electron chi connectivity index (χ4n) is 5.17. The molecule has 0 N–H and O–H groups in total. The van der Waals surface area contributed by atoms with Crippen molar-refractivity contribution in [3.8, 4) is 11.3 Å². The first-order valence-corrected chi connectivity index (χ1v) is 11.2. The molecule has 4 heteroatoms. The zero-order valence-electron chi connectivity index (χ0n) is 18.7. The van der Waals surface area contributed by atoms with E-state index >= 15 is 0 Å². The van der Waals surface area contributed by atoms with Gasteiger partial charge in [0.25, 0.3) is 5.91 Å². The summed E-state index contributed by atoms with van der Waals surface area (Å²) < 4.78 is 7.90. The third-order valence-corrected chi connectivity index (χ3v) is 6.71. The number of aryl methyl sites for hydroxylation is 2. The van der Waals surface area contributed by atoms with Gasteiger partial charge in [0, 0.05) is 29.1 Å². The fourth-order valence-corrected chi connectivity index (χ4v) is 5.17. The predicted molar refractivity (Wildman–Crippen MR) is 130 cm³/mol. The number of benzene rings is 3. The van der Waals surface area contributed by atoms with Crippen LogP contribution in [0.5, 0.6) is 0 Å². The fraction of sp³-hybridized carbons (Fsp3) is 0.138. The molecule has 1 amide bonds. The molecule has 0 bridgehead atoms. The number of hydrogen-bond donors (Lipinski definition) is 0. The average Bonchev–Trinajstić information content (AvgIpc) is 3.52. The second-order valence-electron chi connectivity index (χ2n) is 8.71. The lowest BCUT2D eigenvalue weighted by Crippen LogP contribution is -2.28. The molecule has 33 heavy (non-hydrogen) atoms. The minimum Gasteiger partial charge on any atom is -0.467 e.